The number of hydrogen-bond donors (Lipinski definition) is 15. The molecular formula is C58H92O26. The number of allylic oxidation sites excluding steroid dienone is 3. The summed E-state index contributed by atoms with van der Waals surface area (Å²) in [6, 6.07) is 0. The molecule has 30 atom stereocenters. The molecule has 26 nitrogen and oxygen atoms in total. The van der Waals surface area contributed by atoms with E-state index < -0.39 is 218 Å². The summed E-state index contributed by atoms with van der Waals surface area (Å²) < 4.78 is 54.8. The molecule has 8 fully saturated rings. The lowest BCUT2D eigenvalue weighted by Crippen LogP contribution is -2.72. The number of rotatable bonds is 14. The highest BCUT2D eigenvalue weighted by atomic mass is 16.8. The van der Waals surface area contributed by atoms with E-state index in [1.165, 1.54) is 0 Å². The molecule has 84 heavy (non-hydrogen) atoms. The Hall–Kier alpha value is -2.46. The molecule has 4 aliphatic heterocycles. The Morgan fingerprint density at radius 2 is 1.24 bits per heavy atom. The Morgan fingerprint density at radius 3 is 1.80 bits per heavy atom. The summed E-state index contributed by atoms with van der Waals surface area (Å²) in [5.74, 6) is -2.93. The van der Waals surface area contributed by atoms with Crippen LogP contribution in [-0.2, 0) is 52.2 Å². The van der Waals surface area contributed by atoms with Crippen LogP contribution in [0.3, 0.4) is 0 Å². The zero-order valence-corrected chi connectivity index (χ0v) is 49.1. The minimum Gasteiger partial charge on any atom is -0.479 e. The van der Waals surface area contributed by atoms with Crippen LogP contribution in [0.1, 0.15) is 107 Å². The average Bonchev–Trinajstić information content (AvgIpc) is 0.728. The number of fused-ring (bicyclic) bond motifs is 7. The first kappa shape index (κ1) is 66.0. The van der Waals surface area contributed by atoms with Crippen molar-refractivity contribution in [2.24, 2.45) is 50.2 Å². The van der Waals surface area contributed by atoms with Gasteiger partial charge in [0.25, 0.3) is 0 Å². The number of carboxylic acid groups (broad SMARTS) is 1. The van der Waals surface area contributed by atoms with Crippen LogP contribution in [0.4, 0.5) is 0 Å². The van der Waals surface area contributed by atoms with E-state index in [1.807, 2.05) is 27.7 Å². The molecule has 9 aliphatic rings. The summed E-state index contributed by atoms with van der Waals surface area (Å²) >= 11 is 0. The predicted octanol–water partition coefficient (Wildman–Crippen LogP) is -2.40. The first-order valence-corrected chi connectivity index (χ1v) is 29.5. The van der Waals surface area contributed by atoms with E-state index in [4.69, 9.17) is 42.6 Å². The summed E-state index contributed by atoms with van der Waals surface area (Å²) in [6.07, 6.45) is -33.5. The van der Waals surface area contributed by atoms with Crippen molar-refractivity contribution < 1.29 is 129 Å². The van der Waals surface area contributed by atoms with Gasteiger partial charge in [0.2, 0.25) is 0 Å². The fourth-order valence-corrected chi connectivity index (χ4v) is 17.0. The van der Waals surface area contributed by atoms with Gasteiger partial charge in [0.05, 0.1) is 50.2 Å². The van der Waals surface area contributed by atoms with Gasteiger partial charge in [0.1, 0.15) is 91.6 Å². The molecule has 4 saturated heterocycles. The summed E-state index contributed by atoms with van der Waals surface area (Å²) in [7, 11) is 0. The Balaban J connectivity index is 1.04. The van der Waals surface area contributed by atoms with Crippen LogP contribution in [-0.4, -0.2) is 256 Å². The van der Waals surface area contributed by atoms with Gasteiger partial charge in [-0.05, 0) is 104 Å². The monoisotopic (exact) mass is 1200 g/mol. The molecule has 4 heterocycles. The van der Waals surface area contributed by atoms with Gasteiger partial charge in [0.15, 0.2) is 31.3 Å². The number of ether oxygens (including phenoxy) is 9. The largest absolute Gasteiger partial charge is 0.479 e. The maximum atomic E-state index is 13.5. The van der Waals surface area contributed by atoms with Crippen LogP contribution in [0.5, 0.6) is 0 Å². The third-order valence-corrected chi connectivity index (χ3v) is 22.4. The normalized spacial score (nSPS) is 51.9. The quantitative estimate of drug-likeness (QED) is 0.0373. The fraction of sp³-hybridized carbons (Fsp3) is 0.897. The Kier molecular flexibility index (Phi) is 18.9. The first-order valence-electron chi connectivity index (χ1n) is 29.5. The first-order chi connectivity index (χ1) is 39.2. The second kappa shape index (κ2) is 24.1. The molecule has 0 aromatic heterocycles. The van der Waals surface area contributed by atoms with Gasteiger partial charge in [-0.15, -0.1) is 0 Å². The number of hydrogen-bond acceptors (Lipinski definition) is 25. The van der Waals surface area contributed by atoms with Crippen LogP contribution in [0, 0.1) is 50.2 Å². The van der Waals surface area contributed by atoms with E-state index >= 15 is 0 Å². The summed E-state index contributed by atoms with van der Waals surface area (Å²) in [6.45, 7) is 15.0. The fourth-order valence-electron chi connectivity index (χ4n) is 17.0. The summed E-state index contributed by atoms with van der Waals surface area (Å²) in [4.78, 5) is 26.6. The van der Waals surface area contributed by atoms with E-state index in [0.717, 1.165) is 5.57 Å². The zero-order chi connectivity index (χ0) is 61.9. The molecular weight excluding hydrogens is 1110 g/mol. The van der Waals surface area contributed by atoms with Crippen molar-refractivity contribution in [2.75, 3.05) is 26.4 Å². The molecule has 9 rings (SSSR count). The van der Waals surface area contributed by atoms with Crippen molar-refractivity contribution >= 4 is 11.9 Å². The molecule has 4 saturated carbocycles. The van der Waals surface area contributed by atoms with Gasteiger partial charge in [-0.25, -0.2) is 9.59 Å². The Morgan fingerprint density at radius 1 is 0.655 bits per heavy atom. The van der Waals surface area contributed by atoms with Crippen LogP contribution in [0.25, 0.3) is 0 Å². The lowest BCUT2D eigenvalue weighted by Gasteiger charge is -2.72. The van der Waals surface area contributed by atoms with E-state index in [1.54, 1.807) is 19.9 Å². The highest BCUT2D eigenvalue weighted by molar-refractivity contribution is 5.87. The van der Waals surface area contributed by atoms with Gasteiger partial charge in [-0.1, -0.05) is 66.2 Å². The van der Waals surface area contributed by atoms with Crippen molar-refractivity contribution in [3.8, 4) is 0 Å². The van der Waals surface area contributed by atoms with Crippen LogP contribution < -0.4 is 0 Å². The molecule has 0 spiro atoms. The van der Waals surface area contributed by atoms with Crippen LogP contribution >= 0.6 is 0 Å². The maximum Gasteiger partial charge on any atom is 0.335 e. The number of aliphatic hydroxyl groups is 14. The van der Waals surface area contributed by atoms with E-state index in [-0.39, 0.29) is 18.3 Å². The number of carbonyl (C=O) groups is 2. The SMILES string of the molecule is C/C=C(/C)C(=O)O[C@H]1C(O)C(C)(C)C[C@H]2C3=CC[C@@H]4[C@@]5(C)CC[C@H](O[C@@H]6O[C@H](C(=O)O)[C@@H](O)[C@H](O[C@@H]7OC[C@H](O)[C@H](O)[C@H]7O[C@@H]7O[C@H](CO)[C@@H](O)[C@H](O)[C@H]7O)[C@H]6O[C@@H]6O[C@H](CO)[C@H](O)[C@H](O)[C@H]6O)C(C)(C)[C@@H]5CC[C@@]4(C)[C@]3(C)C[C@@H](O)[C@]21CO. The third kappa shape index (κ3) is 10.6. The van der Waals surface area contributed by atoms with Crippen molar-refractivity contribution in [3.05, 3.63) is 23.3 Å². The molecule has 480 valence electrons. The predicted molar refractivity (Wildman–Crippen MR) is 285 cm³/mol. The van der Waals surface area contributed by atoms with Crippen molar-refractivity contribution in [1.82, 2.24) is 0 Å². The number of esters is 1. The zero-order valence-electron chi connectivity index (χ0n) is 49.1. The minimum atomic E-state index is -2.24. The highest BCUT2D eigenvalue weighted by Crippen LogP contribution is 2.76. The molecule has 26 heteroatoms. The summed E-state index contributed by atoms with van der Waals surface area (Å²) in [5.41, 5.74) is -3.12. The van der Waals surface area contributed by atoms with Crippen molar-refractivity contribution in [1.29, 1.82) is 0 Å². The van der Waals surface area contributed by atoms with Gasteiger partial charge in [-0.2, -0.15) is 0 Å². The van der Waals surface area contributed by atoms with Crippen molar-refractivity contribution in [3.63, 3.8) is 0 Å². The number of aliphatic carboxylic acids is 1. The molecule has 0 aromatic rings. The number of aliphatic hydroxyl groups excluding tert-OH is 14. The van der Waals surface area contributed by atoms with E-state index in [9.17, 15) is 86.2 Å². The molecule has 0 radical (unpaired) electrons. The Labute approximate surface area is 487 Å². The van der Waals surface area contributed by atoms with E-state index in [2.05, 4.69) is 26.8 Å². The van der Waals surface area contributed by atoms with Gasteiger partial charge in [0, 0.05) is 5.57 Å². The smallest absolute Gasteiger partial charge is 0.335 e. The molecule has 5 aliphatic carbocycles. The molecule has 0 aromatic carbocycles. The second-order valence-electron chi connectivity index (χ2n) is 27.5. The van der Waals surface area contributed by atoms with Crippen LogP contribution in [0.15, 0.2) is 23.3 Å². The maximum absolute atomic E-state index is 13.5. The number of carboxylic acids is 1. The van der Waals surface area contributed by atoms with Gasteiger partial charge in [-0.3, -0.25) is 0 Å². The van der Waals surface area contributed by atoms with Gasteiger partial charge < -0.3 is 119 Å². The average molecular weight is 1210 g/mol. The van der Waals surface area contributed by atoms with E-state index in [0.29, 0.717) is 44.1 Å². The minimum absolute atomic E-state index is 0.000249. The summed E-state index contributed by atoms with van der Waals surface area (Å²) in [5, 5.41) is 166. The second-order valence-corrected chi connectivity index (χ2v) is 27.5. The number of carbonyl (C=O) groups excluding carboxylic acids is 1. The lowest BCUT2D eigenvalue weighted by molar-refractivity contribution is -0.401. The topological polar surface area (TPSA) is 421 Å². The standard InChI is InChI=1S/C58H92O26/c1-10-23(2)48(75)84-46-45(72)53(3,4)17-25-24-11-12-30-55(7)15-14-32(54(5,6)29(55)13-16-56(30,8)57(24,9)18-31(63)58(25,46)22-61)79-52-44(83-50-39(70)37(68)35(66)28(20-60)78-50)41(40(71)42(81-52)47(73)74)80-51-43(33(64)26(62)21-76-51)82-49-38(69)36(67)34(65)27(19-59)77-49/h10-11,25-46,49-52,59-72H,12-22H2,1-9H3,(H,73,74)/b23-10-/t25-,26-,27+,28+,29-,30+,31+,32-,33-,34+,35-,36-,37-,38+,39+,40-,41-,42-,43+,44+,45?,46-,49-,50-,51-,52+,55-,56+,57+,58-/m0/s1. The van der Waals surface area contributed by atoms with Crippen LogP contribution in [0.2, 0.25) is 0 Å². The molecule has 0 bridgehead atoms. The molecule has 0 amide bonds. The third-order valence-electron chi connectivity index (χ3n) is 22.4. The lowest BCUT2D eigenvalue weighted by atomic mass is 9.33. The van der Waals surface area contributed by atoms with Gasteiger partial charge >= 0.3 is 11.9 Å². The van der Waals surface area contributed by atoms with Crippen molar-refractivity contribution in [2.45, 2.75) is 248 Å². The molecule has 1 unspecified atom stereocenters. The molecule has 15 N–H and O–H groups in total. The Bertz CT molecular complexity index is 2420. The highest BCUT2D eigenvalue weighted by Gasteiger charge is 2.73.